The van der Waals surface area contributed by atoms with Crippen LogP contribution in [0, 0.1) is 0 Å². The van der Waals surface area contributed by atoms with E-state index in [0.717, 1.165) is 11.1 Å². The summed E-state index contributed by atoms with van der Waals surface area (Å²) < 4.78 is 0. The number of carbonyl (C=O) groups is 2. The van der Waals surface area contributed by atoms with E-state index in [4.69, 9.17) is 28.3 Å². The molecule has 0 radical (unpaired) electrons. The Bertz CT molecular complexity index is 1060. The van der Waals surface area contributed by atoms with Gasteiger partial charge < -0.3 is 10.4 Å². The van der Waals surface area contributed by atoms with Gasteiger partial charge in [-0.1, -0.05) is 65.7 Å². The van der Waals surface area contributed by atoms with Crippen LogP contribution in [0.15, 0.2) is 66.7 Å². The third kappa shape index (κ3) is 4.80. The van der Waals surface area contributed by atoms with Crippen molar-refractivity contribution in [1.29, 1.82) is 0 Å². The van der Waals surface area contributed by atoms with E-state index in [1.165, 1.54) is 6.07 Å². The average molecular weight is 412 g/mol. The number of carboxylic acids is 1. The van der Waals surface area contributed by atoms with E-state index in [-0.39, 0.29) is 11.5 Å². The van der Waals surface area contributed by atoms with Crippen molar-refractivity contribution in [2.45, 2.75) is 0 Å². The fourth-order valence-electron chi connectivity index (χ4n) is 2.51. The SMILES string of the molecule is O=C(O)c1ccc(C=Cc2ccccc2NC(=O)c2ccc(Cl)c(Cl)c2)cc1. The van der Waals surface area contributed by atoms with Crippen molar-refractivity contribution >= 4 is 52.9 Å². The van der Waals surface area contributed by atoms with Gasteiger partial charge in [-0.25, -0.2) is 4.79 Å². The van der Waals surface area contributed by atoms with Crippen molar-refractivity contribution in [3.63, 3.8) is 0 Å². The highest BCUT2D eigenvalue weighted by molar-refractivity contribution is 6.42. The lowest BCUT2D eigenvalue weighted by atomic mass is 10.1. The zero-order valence-electron chi connectivity index (χ0n) is 14.5. The Kier molecular flexibility index (Phi) is 6.14. The summed E-state index contributed by atoms with van der Waals surface area (Å²) >= 11 is 11.9. The second kappa shape index (κ2) is 8.74. The number of aromatic carboxylic acids is 1. The second-order valence-corrected chi connectivity index (χ2v) is 6.75. The summed E-state index contributed by atoms with van der Waals surface area (Å²) in [7, 11) is 0. The number of para-hydroxylation sites is 1. The van der Waals surface area contributed by atoms with Crippen LogP contribution in [0.25, 0.3) is 12.2 Å². The molecule has 0 aliphatic carbocycles. The van der Waals surface area contributed by atoms with Gasteiger partial charge in [0.05, 0.1) is 15.6 Å². The van der Waals surface area contributed by atoms with Crippen molar-refractivity contribution in [3.8, 4) is 0 Å². The molecule has 3 aromatic rings. The van der Waals surface area contributed by atoms with Gasteiger partial charge in [-0.3, -0.25) is 4.79 Å². The molecular formula is C22H15Cl2NO3. The molecule has 28 heavy (non-hydrogen) atoms. The van der Waals surface area contributed by atoms with Gasteiger partial charge >= 0.3 is 5.97 Å². The summed E-state index contributed by atoms with van der Waals surface area (Å²) in [5.41, 5.74) is 2.91. The molecule has 0 saturated heterocycles. The summed E-state index contributed by atoms with van der Waals surface area (Å²) in [6.45, 7) is 0. The molecule has 3 rings (SSSR count). The quantitative estimate of drug-likeness (QED) is 0.497. The van der Waals surface area contributed by atoms with Crippen LogP contribution in [0.5, 0.6) is 0 Å². The van der Waals surface area contributed by atoms with Crippen molar-refractivity contribution in [2.75, 3.05) is 5.32 Å². The van der Waals surface area contributed by atoms with Gasteiger partial charge in [0.1, 0.15) is 0 Å². The van der Waals surface area contributed by atoms with Gasteiger partial charge in [-0.2, -0.15) is 0 Å². The number of amides is 1. The monoisotopic (exact) mass is 411 g/mol. The normalized spacial score (nSPS) is 10.8. The Morgan fingerprint density at radius 2 is 1.50 bits per heavy atom. The molecule has 0 aliphatic heterocycles. The first-order chi connectivity index (χ1) is 13.4. The Morgan fingerprint density at radius 1 is 0.821 bits per heavy atom. The van der Waals surface area contributed by atoms with Crippen molar-refractivity contribution < 1.29 is 14.7 Å². The summed E-state index contributed by atoms with van der Waals surface area (Å²) in [6, 6.07) is 18.6. The minimum atomic E-state index is -0.967. The predicted molar refractivity (Wildman–Crippen MR) is 113 cm³/mol. The number of carbonyl (C=O) groups excluding carboxylic acids is 1. The lowest BCUT2D eigenvalue weighted by Gasteiger charge is -2.09. The summed E-state index contributed by atoms with van der Waals surface area (Å²) in [4.78, 5) is 23.4. The molecule has 0 saturated carbocycles. The lowest BCUT2D eigenvalue weighted by Crippen LogP contribution is -2.12. The first kappa shape index (κ1) is 19.7. The number of nitrogens with one attached hydrogen (secondary N) is 1. The average Bonchev–Trinajstić information content (AvgIpc) is 2.69. The van der Waals surface area contributed by atoms with Gasteiger partial charge in [-0.15, -0.1) is 0 Å². The molecule has 3 aromatic carbocycles. The zero-order chi connectivity index (χ0) is 20.1. The number of rotatable bonds is 5. The molecule has 0 spiro atoms. The van der Waals surface area contributed by atoms with Crippen LogP contribution in [0.3, 0.4) is 0 Å². The van der Waals surface area contributed by atoms with Crippen LogP contribution in [0.2, 0.25) is 10.0 Å². The molecule has 0 unspecified atom stereocenters. The maximum atomic E-state index is 12.5. The molecule has 6 heteroatoms. The van der Waals surface area contributed by atoms with E-state index < -0.39 is 5.97 Å². The molecule has 0 heterocycles. The molecule has 0 bridgehead atoms. The van der Waals surface area contributed by atoms with Gasteiger partial charge in [0, 0.05) is 11.3 Å². The number of carboxylic acid groups (broad SMARTS) is 1. The minimum absolute atomic E-state index is 0.228. The van der Waals surface area contributed by atoms with Gasteiger partial charge in [-0.05, 0) is 47.5 Å². The Labute approximate surface area is 172 Å². The van der Waals surface area contributed by atoms with Crippen molar-refractivity contribution in [3.05, 3.63) is 99.0 Å². The maximum absolute atomic E-state index is 12.5. The van der Waals surface area contributed by atoms with E-state index in [0.29, 0.717) is 21.3 Å². The molecule has 4 nitrogen and oxygen atoms in total. The standard InChI is InChI=1S/C22H15Cl2NO3/c23-18-12-11-17(13-19(18)24)21(26)25-20-4-2-1-3-15(20)8-5-14-6-9-16(10-7-14)22(27)28/h1-13H,(H,25,26)(H,27,28). The van der Waals surface area contributed by atoms with Crippen LogP contribution >= 0.6 is 23.2 Å². The summed E-state index contributed by atoms with van der Waals surface area (Å²) in [6.07, 6.45) is 3.69. The van der Waals surface area contributed by atoms with Crippen LogP contribution in [-0.2, 0) is 0 Å². The van der Waals surface area contributed by atoms with Crippen LogP contribution in [0.1, 0.15) is 31.8 Å². The number of hydrogen-bond acceptors (Lipinski definition) is 2. The van der Waals surface area contributed by atoms with E-state index in [1.807, 2.05) is 30.4 Å². The lowest BCUT2D eigenvalue weighted by molar-refractivity contribution is 0.0696. The molecule has 0 atom stereocenters. The number of benzene rings is 3. The summed E-state index contributed by atoms with van der Waals surface area (Å²) in [5, 5.41) is 12.5. The second-order valence-electron chi connectivity index (χ2n) is 5.93. The fraction of sp³-hybridized carbons (Fsp3) is 0. The molecular weight excluding hydrogens is 397 g/mol. The number of halogens is 2. The number of hydrogen-bond donors (Lipinski definition) is 2. The van der Waals surface area contributed by atoms with Crippen LogP contribution in [-0.4, -0.2) is 17.0 Å². The van der Waals surface area contributed by atoms with E-state index in [2.05, 4.69) is 5.32 Å². The highest BCUT2D eigenvalue weighted by Crippen LogP contribution is 2.24. The molecule has 0 aromatic heterocycles. The number of anilines is 1. The third-order valence-corrected chi connectivity index (χ3v) is 4.74. The van der Waals surface area contributed by atoms with Crippen molar-refractivity contribution in [1.82, 2.24) is 0 Å². The Hall–Kier alpha value is -3.08. The molecule has 0 fully saturated rings. The van der Waals surface area contributed by atoms with Gasteiger partial charge in [0.15, 0.2) is 0 Å². The van der Waals surface area contributed by atoms with Crippen LogP contribution < -0.4 is 5.32 Å². The first-order valence-corrected chi connectivity index (χ1v) is 9.06. The molecule has 2 N–H and O–H groups in total. The largest absolute Gasteiger partial charge is 0.478 e. The highest BCUT2D eigenvalue weighted by atomic mass is 35.5. The third-order valence-electron chi connectivity index (χ3n) is 4.00. The topological polar surface area (TPSA) is 66.4 Å². The fourth-order valence-corrected chi connectivity index (χ4v) is 2.81. The zero-order valence-corrected chi connectivity index (χ0v) is 16.0. The smallest absolute Gasteiger partial charge is 0.335 e. The minimum Gasteiger partial charge on any atom is -0.478 e. The molecule has 1 amide bonds. The Morgan fingerprint density at radius 3 is 2.18 bits per heavy atom. The van der Waals surface area contributed by atoms with E-state index in [1.54, 1.807) is 42.5 Å². The van der Waals surface area contributed by atoms with Gasteiger partial charge in [0.2, 0.25) is 0 Å². The summed E-state index contributed by atoms with van der Waals surface area (Å²) in [5.74, 6) is -1.27. The highest BCUT2D eigenvalue weighted by Gasteiger charge is 2.10. The van der Waals surface area contributed by atoms with Crippen molar-refractivity contribution in [2.24, 2.45) is 0 Å². The van der Waals surface area contributed by atoms with E-state index in [9.17, 15) is 9.59 Å². The predicted octanol–water partition coefficient (Wildman–Crippen LogP) is 6.11. The maximum Gasteiger partial charge on any atom is 0.335 e. The van der Waals surface area contributed by atoms with Crippen LogP contribution in [0.4, 0.5) is 5.69 Å². The van der Waals surface area contributed by atoms with E-state index >= 15 is 0 Å². The molecule has 140 valence electrons. The molecule has 0 aliphatic rings. The first-order valence-electron chi connectivity index (χ1n) is 8.31. The van der Waals surface area contributed by atoms with Gasteiger partial charge in [0.25, 0.3) is 5.91 Å². The Balaban J connectivity index is 1.79.